The molecule has 0 unspecified atom stereocenters. The highest BCUT2D eigenvalue weighted by atomic mass is 32.1. The zero-order valence-corrected chi connectivity index (χ0v) is 19.8. The van der Waals surface area contributed by atoms with E-state index >= 15 is 0 Å². The molecule has 32 heavy (non-hydrogen) atoms. The molecule has 2 aromatic heterocycles. The number of likely N-dealkylation sites (tertiary alicyclic amines) is 1. The Hall–Kier alpha value is -2.48. The Labute approximate surface area is 194 Å². The number of piperidine rings is 1. The predicted octanol–water partition coefficient (Wildman–Crippen LogP) is 4.53. The molecule has 0 radical (unpaired) electrons. The molecule has 2 aliphatic rings. The van der Waals surface area contributed by atoms with E-state index in [1.807, 2.05) is 30.2 Å². The van der Waals surface area contributed by atoms with Crippen LogP contribution < -0.4 is 10.6 Å². The zero-order chi connectivity index (χ0) is 22.6. The van der Waals surface area contributed by atoms with Crippen LogP contribution in [0.1, 0.15) is 74.8 Å². The zero-order valence-electron chi connectivity index (χ0n) is 19.0. The van der Waals surface area contributed by atoms with Gasteiger partial charge in [0.1, 0.15) is 5.82 Å². The third kappa shape index (κ3) is 5.65. The second kappa shape index (κ2) is 9.98. The van der Waals surface area contributed by atoms with E-state index in [4.69, 9.17) is 4.98 Å². The quantitative estimate of drug-likeness (QED) is 0.668. The van der Waals surface area contributed by atoms with Crippen molar-refractivity contribution in [2.24, 2.45) is 0 Å². The summed E-state index contributed by atoms with van der Waals surface area (Å²) in [6.45, 7) is 5.07. The maximum absolute atomic E-state index is 13.1. The lowest BCUT2D eigenvalue weighted by molar-refractivity contribution is -0.135. The van der Waals surface area contributed by atoms with Crippen LogP contribution in [0.5, 0.6) is 0 Å². The molecule has 2 amide bonds. The third-order valence-electron chi connectivity index (χ3n) is 6.63. The van der Waals surface area contributed by atoms with Crippen LogP contribution in [-0.4, -0.2) is 45.3 Å². The Morgan fingerprint density at radius 3 is 2.59 bits per heavy atom. The molecule has 1 saturated heterocycles. The number of carbonyl (C=O) groups excluding carboxylic acids is 2. The van der Waals surface area contributed by atoms with Crippen LogP contribution in [0.2, 0.25) is 0 Å². The molecule has 2 fully saturated rings. The number of amides is 2. The minimum absolute atomic E-state index is 0.0362. The number of pyridine rings is 1. The van der Waals surface area contributed by atoms with Crippen LogP contribution in [0.4, 0.5) is 10.9 Å². The maximum Gasteiger partial charge on any atom is 0.224 e. The molecule has 172 valence electrons. The number of rotatable bonds is 6. The first-order valence-corrected chi connectivity index (χ1v) is 12.5. The fourth-order valence-electron chi connectivity index (χ4n) is 5.04. The largest absolute Gasteiger partial charge is 0.350 e. The van der Waals surface area contributed by atoms with E-state index in [1.165, 1.54) is 6.42 Å². The van der Waals surface area contributed by atoms with E-state index < -0.39 is 0 Å². The van der Waals surface area contributed by atoms with Gasteiger partial charge in [-0.25, -0.2) is 9.97 Å². The summed E-state index contributed by atoms with van der Waals surface area (Å²) in [5, 5.41) is 7.26. The highest BCUT2D eigenvalue weighted by Gasteiger charge is 2.37. The van der Waals surface area contributed by atoms with Crippen molar-refractivity contribution in [2.45, 2.75) is 76.7 Å². The van der Waals surface area contributed by atoms with Gasteiger partial charge in [0.05, 0.1) is 0 Å². The van der Waals surface area contributed by atoms with Crippen molar-refractivity contribution < 1.29 is 9.59 Å². The Morgan fingerprint density at radius 1 is 1.19 bits per heavy atom. The van der Waals surface area contributed by atoms with Gasteiger partial charge in [0.2, 0.25) is 11.8 Å². The predicted molar refractivity (Wildman–Crippen MR) is 127 cm³/mol. The molecule has 1 saturated carbocycles. The SMILES string of the molecule is CC(=O)NC1(CC(=O)N2CCC(c3cccc(Nc4ncc(C)s4)n3)CC2)CCCCC1. The normalized spacial score (nSPS) is 18.9. The first kappa shape index (κ1) is 22.7. The molecule has 4 rings (SSSR count). The summed E-state index contributed by atoms with van der Waals surface area (Å²) < 4.78 is 0. The summed E-state index contributed by atoms with van der Waals surface area (Å²) in [6.07, 6.45) is 9.23. The summed E-state index contributed by atoms with van der Waals surface area (Å²) in [6, 6.07) is 6.07. The summed E-state index contributed by atoms with van der Waals surface area (Å²) in [7, 11) is 0. The van der Waals surface area contributed by atoms with E-state index in [0.29, 0.717) is 12.3 Å². The molecule has 3 heterocycles. The van der Waals surface area contributed by atoms with E-state index in [-0.39, 0.29) is 17.4 Å². The second-order valence-corrected chi connectivity index (χ2v) is 10.4. The van der Waals surface area contributed by atoms with Crippen molar-refractivity contribution in [2.75, 3.05) is 18.4 Å². The first-order chi connectivity index (χ1) is 15.4. The van der Waals surface area contributed by atoms with Gasteiger partial charge in [-0.1, -0.05) is 25.3 Å². The van der Waals surface area contributed by atoms with Crippen molar-refractivity contribution in [1.82, 2.24) is 20.2 Å². The Morgan fingerprint density at radius 2 is 1.94 bits per heavy atom. The van der Waals surface area contributed by atoms with Gasteiger partial charge in [0, 0.05) is 54.7 Å². The lowest BCUT2D eigenvalue weighted by Crippen LogP contribution is -2.52. The Balaban J connectivity index is 1.34. The van der Waals surface area contributed by atoms with Crippen LogP contribution in [-0.2, 0) is 9.59 Å². The fourth-order valence-corrected chi connectivity index (χ4v) is 5.72. The number of aryl methyl sites for hydroxylation is 1. The van der Waals surface area contributed by atoms with Crippen LogP contribution in [0.25, 0.3) is 0 Å². The van der Waals surface area contributed by atoms with E-state index in [2.05, 4.69) is 21.7 Å². The second-order valence-electron chi connectivity index (χ2n) is 9.20. The molecule has 1 aliphatic carbocycles. The number of hydrogen-bond acceptors (Lipinski definition) is 6. The van der Waals surface area contributed by atoms with Gasteiger partial charge in [0.15, 0.2) is 5.13 Å². The molecule has 0 aromatic carbocycles. The number of nitrogens with zero attached hydrogens (tertiary/aromatic N) is 3. The molecule has 7 nitrogen and oxygen atoms in total. The molecule has 0 spiro atoms. The minimum Gasteiger partial charge on any atom is -0.350 e. The number of thiazole rings is 1. The van der Waals surface area contributed by atoms with Gasteiger partial charge >= 0.3 is 0 Å². The number of nitrogens with one attached hydrogen (secondary N) is 2. The van der Waals surface area contributed by atoms with Crippen LogP contribution in [0.15, 0.2) is 24.4 Å². The highest BCUT2D eigenvalue weighted by Crippen LogP contribution is 2.33. The lowest BCUT2D eigenvalue weighted by Gasteiger charge is -2.40. The van der Waals surface area contributed by atoms with E-state index in [1.54, 1.807) is 18.3 Å². The lowest BCUT2D eigenvalue weighted by atomic mass is 9.78. The molecular formula is C24H33N5O2S. The van der Waals surface area contributed by atoms with Gasteiger partial charge in [-0.15, -0.1) is 11.3 Å². The topological polar surface area (TPSA) is 87.2 Å². The van der Waals surface area contributed by atoms with Crippen molar-refractivity contribution in [3.05, 3.63) is 35.0 Å². The van der Waals surface area contributed by atoms with Gasteiger partial charge in [-0.05, 0) is 44.7 Å². The van der Waals surface area contributed by atoms with Crippen molar-refractivity contribution in [3.8, 4) is 0 Å². The molecular weight excluding hydrogens is 422 g/mol. The molecule has 2 N–H and O–H groups in total. The summed E-state index contributed by atoms with van der Waals surface area (Å²) >= 11 is 1.61. The standard InChI is InChI=1S/C24H33N5O2S/c1-17-16-25-23(32-17)27-21-8-6-7-20(26-21)19-9-13-29(14-10-19)22(31)15-24(28-18(2)30)11-4-3-5-12-24/h6-8,16,19H,3-5,9-15H2,1-2H3,(H,28,30)(H,25,26,27). The van der Waals surface area contributed by atoms with Gasteiger partial charge in [0.25, 0.3) is 0 Å². The number of hydrogen-bond donors (Lipinski definition) is 2. The first-order valence-electron chi connectivity index (χ1n) is 11.7. The Bertz CT molecular complexity index is 945. The summed E-state index contributed by atoms with van der Waals surface area (Å²) in [4.78, 5) is 37.2. The van der Waals surface area contributed by atoms with Crippen LogP contribution >= 0.6 is 11.3 Å². The van der Waals surface area contributed by atoms with Crippen LogP contribution in [0.3, 0.4) is 0 Å². The average Bonchev–Trinajstić information content (AvgIpc) is 3.18. The Kier molecular flexibility index (Phi) is 7.08. The average molecular weight is 456 g/mol. The molecule has 1 aliphatic heterocycles. The number of carbonyl (C=O) groups is 2. The van der Waals surface area contributed by atoms with Crippen molar-refractivity contribution in [1.29, 1.82) is 0 Å². The monoisotopic (exact) mass is 455 g/mol. The molecule has 8 heteroatoms. The van der Waals surface area contributed by atoms with Gasteiger partial charge in [-0.3, -0.25) is 9.59 Å². The maximum atomic E-state index is 13.1. The van der Waals surface area contributed by atoms with E-state index in [9.17, 15) is 9.59 Å². The molecule has 0 atom stereocenters. The summed E-state index contributed by atoms with van der Waals surface area (Å²) in [5.74, 6) is 1.29. The number of anilines is 2. The van der Waals surface area contributed by atoms with E-state index in [0.717, 1.165) is 73.1 Å². The third-order valence-corrected chi connectivity index (χ3v) is 7.46. The molecule has 2 aromatic rings. The fraction of sp³-hybridized carbons (Fsp3) is 0.583. The number of aromatic nitrogens is 2. The van der Waals surface area contributed by atoms with Crippen molar-refractivity contribution in [3.63, 3.8) is 0 Å². The molecule has 0 bridgehead atoms. The van der Waals surface area contributed by atoms with Crippen molar-refractivity contribution >= 4 is 34.1 Å². The highest BCUT2D eigenvalue weighted by molar-refractivity contribution is 7.15. The van der Waals surface area contributed by atoms with Gasteiger partial charge in [-0.2, -0.15) is 0 Å². The van der Waals surface area contributed by atoms with Crippen LogP contribution in [0, 0.1) is 6.92 Å². The minimum atomic E-state index is -0.353. The smallest absolute Gasteiger partial charge is 0.224 e. The summed E-state index contributed by atoms with van der Waals surface area (Å²) in [5.41, 5.74) is 0.714. The van der Waals surface area contributed by atoms with Gasteiger partial charge < -0.3 is 15.5 Å².